The number of nitrogens with zero attached hydrogens (tertiary/aromatic N) is 4. The first-order chi connectivity index (χ1) is 5.33. The van der Waals surface area contributed by atoms with Crippen LogP contribution in [0.2, 0.25) is 0 Å². The maximum atomic E-state index is 8.58. The highest BCUT2D eigenvalue weighted by molar-refractivity contribution is 5.03. The van der Waals surface area contributed by atoms with Crippen molar-refractivity contribution in [3.05, 3.63) is 0 Å². The second kappa shape index (κ2) is 4.54. The van der Waals surface area contributed by atoms with Gasteiger partial charge in [0.05, 0.1) is 12.1 Å². The van der Waals surface area contributed by atoms with E-state index in [1.54, 1.807) is 27.7 Å². The molecule has 0 radical (unpaired) electrons. The minimum atomic E-state index is -0.839. The van der Waals surface area contributed by atoms with Gasteiger partial charge in [-0.2, -0.15) is 20.8 Å². The minimum absolute atomic E-state index is 0. The van der Waals surface area contributed by atoms with Gasteiger partial charge in [-0.25, -0.2) is 0 Å². The zero-order valence-corrected chi connectivity index (χ0v) is 8.29. The van der Waals surface area contributed by atoms with Gasteiger partial charge in [0.1, 0.15) is 0 Å². The molecule has 0 fully saturated rings. The molecule has 0 saturated heterocycles. The summed E-state index contributed by atoms with van der Waals surface area (Å²) in [4.78, 5) is 0. The zero-order valence-electron chi connectivity index (χ0n) is 8.29. The van der Waals surface area contributed by atoms with E-state index in [0.29, 0.717) is 0 Å². The standard InChI is InChI=1S/C8H12N4.H2O/c1-7(2,5-9)11-12-8(3,4)6-10;/h1-4H3;1H2. The fourth-order valence-electron chi connectivity index (χ4n) is 0.295. The van der Waals surface area contributed by atoms with Crippen LogP contribution in [0.15, 0.2) is 10.2 Å². The smallest absolute Gasteiger partial charge is 0.162 e. The topological polar surface area (TPSA) is 104 Å². The zero-order chi connectivity index (χ0) is 9.83. The molecule has 0 heterocycles. The van der Waals surface area contributed by atoms with Crippen molar-refractivity contribution in [1.29, 1.82) is 10.5 Å². The minimum Gasteiger partial charge on any atom is -0.412 e. The Kier molecular flexibility index (Phi) is 4.92. The summed E-state index contributed by atoms with van der Waals surface area (Å²) in [7, 11) is 0. The van der Waals surface area contributed by atoms with Crippen molar-refractivity contribution in [2.24, 2.45) is 10.2 Å². The molecule has 0 aliphatic rings. The van der Waals surface area contributed by atoms with Gasteiger partial charge in [0, 0.05) is 0 Å². The van der Waals surface area contributed by atoms with E-state index in [1.165, 1.54) is 0 Å². The van der Waals surface area contributed by atoms with Crippen LogP contribution in [0.3, 0.4) is 0 Å². The summed E-state index contributed by atoms with van der Waals surface area (Å²) >= 11 is 0. The van der Waals surface area contributed by atoms with Gasteiger partial charge in [-0.15, -0.1) is 0 Å². The highest BCUT2D eigenvalue weighted by Crippen LogP contribution is 2.13. The molecule has 5 heteroatoms. The molecule has 2 N–H and O–H groups in total. The third-order valence-electron chi connectivity index (χ3n) is 1.10. The van der Waals surface area contributed by atoms with Crippen LogP contribution >= 0.6 is 0 Å². The summed E-state index contributed by atoms with van der Waals surface area (Å²) in [6.07, 6.45) is 0. The largest absolute Gasteiger partial charge is 0.412 e. The molecule has 0 unspecified atom stereocenters. The van der Waals surface area contributed by atoms with Gasteiger partial charge in [0.15, 0.2) is 11.1 Å². The number of hydrogen-bond donors (Lipinski definition) is 0. The Balaban J connectivity index is 0. The molecule has 0 aliphatic carbocycles. The molecule has 0 spiro atoms. The van der Waals surface area contributed by atoms with Crippen LogP contribution < -0.4 is 0 Å². The van der Waals surface area contributed by atoms with E-state index in [4.69, 9.17) is 10.5 Å². The second-order valence-corrected chi connectivity index (χ2v) is 3.54. The van der Waals surface area contributed by atoms with E-state index in [-0.39, 0.29) is 5.48 Å². The van der Waals surface area contributed by atoms with E-state index in [9.17, 15) is 0 Å². The number of azo groups is 1. The third kappa shape index (κ3) is 5.77. The Hall–Kier alpha value is -1.46. The fourth-order valence-corrected chi connectivity index (χ4v) is 0.295. The van der Waals surface area contributed by atoms with E-state index in [2.05, 4.69) is 10.2 Å². The van der Waals surface area contributed by atoms with Crippen LogP contribution in [0.25, 0.3) is 0 Å². The Morgan fingerprint density at radius 1 is 0.846 bits per heavy atom. The normalized spacial score (nSPS) is 11.5. The van der Waals surface area contributed by atoms with E-state index in [1.807, 2.05) is 12.1 Å². The first-order valence-electron chi connectivity index (χ1n) is 3.59. The lowest BCUT2D eigenvalue weighted by atomic mass is 10.1. The quantitative estimate of drug-likeness (QED) is 0.599. The average Bonchev–Trinajstić information content (AvgIpc) is 2.02. The molecular weight excluding hydrogens is 168 g/mol. The van der Waals surface area contributed by atoms with Crippen molar-refractivity contribution in [3.8, 4) is 12.1 Å². The highest BCUT2D eigenvalue weighted by Gasteiger charge is 2.19. The molecule has 0 bridgehead atoms. The predicted molar refractivity (Wildman–Crippen MR) is 47.9 cm³/mol. The van der Waals surface area contributed by atoms with E-state index in [0.717, 1.165) is 0 Å². The Bertz CT molecular complexity index is 239. The molecule has 5 nitrogen and oxygen atoms in total. The Morgan fingerprint density at radius 3 is 1.23 bits per heavy atom. The summed E-state index contributed by atoms with van der Waals surface area (Å²) in [6, 6.07) is 3.94. The lowest BCUT2D eigenvalue weighted by Crippen LogP contribution is -2.17. The van der Waals surface area contributed by atoms with Crippen molar-refractivity contribution in [1.82, 2.24) is 0 Å². The van der Waals surface area contributed by atoms with Gasteiger partial charge < -0.3 is 5.48 Å². The summed E-state index contributed by atoms with van der Waals surface area (Å²) in [5.41, 5.74) is -1.68. The molecule has 0 rings (SSSR count). The van der Waals surface area contributed by atoms with Gasteiger partial charge in [-0.05, 0) is 27.7 Å². The lowest BCUT2D eigenvalue weighted by molar-refractivity contribution is 0.541. The molecule has 0 aromatic rings. The van der Waals surface area contributed by atoms with Crippen molar-refractivity contribution in [2.45, 2.75) is 38.8 Å². The summed E-state index contributed by atoms with van der Waals surface area (Å²) in [5.74, 6) is 0. The Morgan fingerprint density at radius 2 is 1.08 bits per heavy atom. The monoisotopic (exact) mass is 182 g/mol. The maximum Gasteiger partial charge on any atom is 0.162 e. The Labute approximate surface area is 78.0 Å². The van der Waals surface area contributed by atoms with Crippen LogP contribution in [0, 0.1) is 22.7 Å². The van der Waals surface area contributed by atoms with Gasteiger partial charge in [-0.1, -0.05) is 0 Å². The number of rotatable bonds is 2. The summed E-state index contributed by atoms with van der Waals surface area (Å²) < 4.78 is 0. The summed E-state index contributed by atoms with van der Waals surface area (Å²) in [5, 5.41) is 24.7. The molecule has 0 aromatic heterocycles. The SMILES string of the molecule is CC(C)(C#N)N=NC(C)(C)C#N.O. The molecule has 72 valence electrons. The van der Waals surface area contributed by atoms with Crippen LogP contribution in [0.5, 0.6) is 0 Å². The third-order valence-corrected chi connectivity index (χ3v) is 1.10. The first kappa shape index (κ1) is 14.1. The molecular formula is C8H14N4O. The van der Waals surface area contributed by atoms with Gasteiger partial charge in [0.2, 0.25) is 0 Å². The number of hydrogen-bond acceptors (Lipinski definition) is 4. The van der Waals surface area contributed by atoms with Crippen molar-refractivity contribution in [3.63, 3.8) is 0 Å². The van der Waals surface area contributed by atoms with Crippen LogP contribution in [0.4, 0.5) is 0 Å². The lowest BCUT2D eigenvalue weighted by Gasteiger charge is -2.11. The van der Waals surface area contributed by atoms with Crippen molar-refractivity contribution < 1.29 is 5.48 Å². The van der Waals surface area contributed by atoms with Gasteiger partial charge >= 0.3 is 0 Å². The molecule has 0 aliphatic heterocycles. The van der Waals surface area contributed by atoms with Crippen molar-refractivity contribution >= 4 is 0 Å². The summed E-state index contributed by atoms with van der Waals surface area (Å²) in [6.45, 7) is 6.57. The highest BCUT2D eigenvalue weighted by atomic mass is 16.0. The maximum absolute atomic E-state index is 8.58. The van der Waals surface area contributed by atoms with Crippen LogP contribution in [0.1, 0.15) is 27.7 Å². The van der Waals surface area contributed by atoms with Crippen LogP contribution in [-0.2, 0) is 0 Å². The molecule has 0 saturated carbocycles. The molecule has 13 heavy (non-hydrogen) atoms. The second-order valence-electron chi connectivity index (χ2n) is 3.54. The molecule has 0 atom stereocenters. The number of nitriles is 2. The first-order valence-corrected chi connectivity index (χ1v) is 3.59. The van der Waals surface area contributed by atoms with Crippen LogP contribution in [-0.4, -0.2) is 16.6 Å². The predicted octanol–water partition coefficient (Wildman–Crippen LogP) is 1.22. The van der Waals surface area contributed by atoms with E-state index >= 15 is 0 Å². The molecule has 0 amide bonds. The van der Waals surface area contributed by atoms with Gasteiger partial charge in [0.25, 0.3) is 0 Å². The fraction of sp³-hybridized carbons (Fsp3) is 0.750. The van der Waals surface area contributed by atoms with Crippen molar-refractivity contribution in [2.75, 3.05) is 0 Å². The van der Waals surface area contributed by atoms with E-state index < -0.39 is 11.1 Å². The van der Waals surface area contributed by atoms with Gasteiger partial charge in [-0.3, -0.25) is 0 Å². The average molecular weight is 182 g/mol. The molecule has 0 aromatic carbocycles.